The monoisotopic (exact) mass is 384 g/mol. The first kappa shape index (κ1) is 23.2. The topological polar surface area (TPSA) is 71.1 Å². The third kappa shape index (κ3) is 13.3. The van der Waals surface area contributed by atoms with Gasteiger partial charge in [-0.15, -0.1) is 0 Å². The van der Waals surface area contributed by atoms with Gasteiger partial charge in [0.15, 0.2) is 0 Å². The first-order valence-electron chi connectivity index (χ1n) is 7.54. The molecule has 0 N–H and O–H groups in total. The molecule has 0 rings (SSSR count). The van der Waals surface area contributed by atoms with Crippen molar-refractivity contribution < 1.29 is 44.4 Å². The summed E-state index contributed by atoms with van der Waals surface area (Å²) in [6.07, 6.45) is 1.03. The molecule has 0 unspecified atom stereocenters. The summed E-state index contributed by atoms with van der Waals surface area (Å²) in [7, 11) is 0. The van der Waals surface area contributed by atoms with Crippen LogP contribution >= 0.6 is 0 Å². The second-order valence-electron chi connectivity index (χ2n) is 4.05. The Morgan fingerprint density at radius 3 is 1.52 bits per heavy atom. The van der Waals surface area contributed by atoms with Gasteiger partial charge in [0.25, 0.3) is 0 Å². The Morgan fingerprint density at radius 2 is 1.29 bits per heavy atom. The molecular weight excluding hydrogens is 355 g/mol. The molecule has 126 valence electrons. The van der Waals surface area contributed by atoms with E-state index in [-0.39, 0.29) is 0 Å². The minimum absolute atomic E-state index is 0.319. The van der Waals surface area contributed by atoms with Crippen LogP contribution in [0.5, 0.6) is 0 Å². The third-order valence-corrected chi connectivity index (χ3v) is 9.74. The summed E-state index contributed by atoms with van der Waals surface area (Å²) in [5, 5.41) is 0. The Balaban J connectivity index is 0. The molecule has 7 heteroatoms. The van der Waals surface area contributed by atoms with E-state index in [2.05, 4.69) is 11.7 Å². The van der Waals surface area contributed by atoms with Crippen LogP contribution in [-0.4, -0.2) is 31.8 Å². The molecule has 0 radical (unpaired) electrons. The molecule has 0 bridgehead atoms. The van der Waals surface area contributed by atoms with Gasteiger partial charge in [-0.2, -0.15) is 0 Å². The molecule has 0 aliphatic carbocycles. The standard InChI is InChI=1S/C6H10O3.3C2H5O.C2H5.Zr/c1-3-4-6(8)9-5(2)7;3*1-2-3;1-2;/h3-4H2,1-2H3;3*2H2,1H3;1H2,2H3;/q;3*-1;;+3. The van der Waals surface area contributed by atoms with Crippen LogP contribution in [0.2, 0.25) is 4.13 Å². The molecule has 0 aliphatic rings. The zero-order chi connectivity index (χ0) is 16.7. The molecule has 0 amide bonds. The van der Waals surface area contributed by atoms with E-state index < -0.39 is 33.5 Å². The van der Waals surface area contributed by atoms with Crippen molar-refractivity contribution in [3.8, 4) is 0 Å². The summed E-state index contributed by atoms with van der Waals surface area (Å²) >= 11 is -3.02. The summed E-state index contributed by atoms with van der Waals surface area (Å²) in [5.74, 6) is -0.974. The van der Waals surface area contributed by atoms with E-state index in [9.17, 15) is 9.59 Å². The molecule has 0 aromatic carbocycles. The maximum atomic E-state index is 10.4. The van der Waals surface area contributed by atoms with Gasteiger partial charge >= 0.3 is 93.6 Å². The Kier molecular flexibility index (Phi) is 16.4. The van der Waals surface area contributed by atoms with Crippen molar-refractivity contribution in [1.29, 1.82) is 0 Å². The van der Waals surface area contributed by atoms with Crippen LogP contribution in [0.15, 0.2) is 0 Å². The van der Waals surface area contributed by atoms with Gasteiger partial charge in [0.05, 0.1) is 0 Å². The summed E-state index contributed by atoms with van der Waals surface area (Å²) in [5.41, 5.74) is 0. The van der Waals surface area contributed by atoms with Gasteiger partial charge in [0, 0.05) is 13.3 Å². The van der Waals surface area contributed by atoms with Crippen molar-refractivity contribution in [2.24, 2.45) is 0 Å². The van der Waals surface area contributed by atoms with Crippen LogP contribution in [0.1, 0.15) is 54.4 Å². The number of hydrogen-bond donors (Lipinski definition) is 0. The van der Waals surface area contributed by atoms with Gasteiger partial charge in [0.1, 0.15) is 0 Å². The third-order valence-electron chi connectivity index (χ3n) is 2.24. The zero-order valence-corrected chi connectivity index (χ0v) is 16.7. The maximum absolute atomic E-state index is 10.4. The normalized spacial score (nSPS) is 10.6. The fraction of sp³-hybridized carbons (Fsp3) is 0.857. The first-order chi connectivity index (χ1) is 9.91. The molecule has 0 fully saturated rings. The van der Waals surface area contributed by atoms with Crippen molar-refractivity contribution >= 4 is 11.9 Å². The van der Waals surface area contributed by atoms with Gasteiger partial charge in [-0.05, 0) is 6.42 Å². The van der Waals surface area contributed by atoms with E-state index in [1.165, 1.54) is 6.92 Å². The number of hydrogen-bond acceptors (Lipinski definition) is 6. The Bertz CT molecular complexity index is 266. The van der Waals surface area contributed by atoms with E-state index in [1.54, 1.807) is 0 Å². The van der Waals surface area contributed by atoms with Crippen molar-refractivity contribution in [2.45, 2.75) is 58.5 Å². The molecule has 21 heavy (non-hydrogen) atoms. The molecule has 0 aliphatic heterocycles. The van der Waals surface area contributed by atoms with Crippen LogP contribution < -0.4 is 0 Å². The quantitative estimate of drug-likeness (QED) is 0.448. The summed E-state index contributed by atoms with van der Waals surface area (Å²) in [6.45, 7) is 13.2. The van der Waals surface area contributed by atoms with Gasteiger partial charge in [0.2, 0.25) is 0 Å². The van der Waals surface area contributed by atoms with Crippen LogP contribution in [-0.2, 0) is 44.4 Å². The minimum atomic E-state index is -3.02. The van der Waals surface area contributed by atoms with E-state index >= 15 is 0 Å². The molecule has 0 heterocycles. The average Bonchev–Trinajstić information content (AvgIpc) is 2.39. The van der Waals surface area contributed by atoms with Crippen molar-refractivity contribution in [2.75, 3.05) is 19.8 Å². The summed E-state index contributed by atoms with van der Waals surface area (Å²) in [4.78, 5) is 20.5. The fourth-order valence-electron chi connectivity index (χ4n) is 1.51. The van der Waals surface area contributed by atoms with Crippen LogP contribution in [0.3, 0.4) is 0 Å². The van der Waals surface area contributed by atoms with Gasteiger partial charge in [-0.3, -0.25) is 9.59 Å². The molecule has 6 nitrogen and oxygen atoms in total. The first-order valence-corrected chi connectivity index (χ1v) is 12.3. The Hall–Kier alpha value is -0.0969. The Labute approximate surface area is 134 Å². The fourth-order valence-corrected chi connectivity index (χ4v) is 6.87. The molecule has 0 saturated carbocycles. The van der Waals surface area contributed by atoms with Crippen molar-refractivity contribution in [1.82, 2.24) is 0 Å². The van der Waals surface area contributed by atoms with Gasteiger partial charge < -0.3 is 4.74 Å². The number of carbonyl (C=O) groups is 2. The van der Waals surface area contributed by atoms with E-state index in [1.807, 2.05) is 27.7 Å². The van der Waals surface area contributed by atoms with Gasteiger partial charge in [-0.25, -0.2) is 0 Å². The molecular formula is C14H30O6Zr. The molecule has 0 aromatic heterocycles. The van der Waals surface area contributed by atoms with Crippen molar-refractivity contribution in [3.63, 3.8) is 0 Å². The SMILES string of the molecule is CCCC(=O)OC(C)=O.CC[O][Zr]([CH2]C)([O]CC)[O]CC. The summed E-state index contributed by atoms with van der Waals surface area (Å²) in [6, 6.07) is 0. The van der Waals surface area contributed by atoms with Crippen molar-refractivity contribution in [3.05, 3.63) is 0 Å². The van der Waals surface area contributed by atoms with Crippen LogP contribution in [0, 0.1) is 0 Å². The molecule has 0 saturated heterocycles. The van der Waals surface area contributed by atoms with E-state index in [0.29, 0.717) is 32.7 Å². The predicted molar refractivity (Wildman–Crippen MR) is 77.0 cm³/mol. The number of rotatable bonds is 9. The zero-order valence-electron chi connectivity index (χ0n) is 14.2. The predicted octanol–water partition coefficient (Wildman–Crippen LogP) is 3.31. The van der Waals surface area contributed by atoms with Crippen LogP contribution in [0.4, 0.5) is 0 Å². The number of esters is 2. The van der Waals surface area contributed by atoms with E-state index in [4.69, 9.17) is 8.44 Å². The average molecular weight is 386 g/mol. The molecule has 0 spiro atoms. The van der Waals surface area contributed by atoms with Gasteiger partial charge in [-0.1, -0.05) is 6.92 Å². The van der Waals surface area contributed by atoms with E-state index in [0.717, 1.165) is 4.13 Å². The summed E-state index contributed by atoms with van der Waals surface area (Å²) < 4.78 is 22.0. The second-order valence-corrected chi connectivity index (χ2v) is 11.3. The Morgan fingerprint density at radius 1 is 0.857 bits per heavy atom. The molecule has 0 atom stereocenters. The molecule has 0 aromatic rings. The number of ether oxygens (including phenoxy) is 1. The van der Waals surface area contributed by atoms with Crippen LogP contribution in [0.25, 0.3) is 0 Å². The second kappa shape index (κ2) is 14.8. The number of carbonyl (C=O) groups excluding carboxylic acids is 2.